The summed E-state index contributed by atoms with van der Waals surface area (Å²) < 4.78 is 0. The van der Waals surface area contributed by atoms with Crippen LogP contribution in [-0.2, 0) is 0 Å². The zero-order valence-electron chi connectivity index (χ0n) is 16.9. The lowest BCUT2D eigenvalue weighted by Gasteiger charge is -2.29. The maximum Gasteiger partial charge on any atom is 0.260 e. The number of nitrogens with two attached hydrogens (primary N) is 1. The number of amides is 1. The first-order valence-electron chi connectivity index (χ1n) is 9.85. The Kier molecular flexibility index (Phi) is 5.87. The molecule has 4 rings (SSSR count). The van der Waals surface area contributed by atoms with Crippen molar-refractivity contribution < 1.29 is 4.79 Å². The van der Waals surface area contributed by atoms with Gasteiger partial charge >= 0.3 is 0 Å². The summed E-state index contributed by atoms with van der Waals surface area (Å²) in [4.78, 5) is 30.0. The van der Waals surface area contributed by atoms with Gasteiger partial charge in [-0.1, -0.05) is 29.0 Å². The molecule has 1 fully saturated rings. The smallest absolute Gasteiger partial charge is 0.260 e. The van der Waals surface area contributed by atoms with Crippen molar-refractivity contribution in [1.82, 2.24) is 15.0 Å². The lowest BCUT2D eigenvalue weighted by atomic mass is 10.1. The van der Waals surface area contributed by atoms with Gasteiger partial charge in [0.2, 0.25) is 0 Å². The fourth-order valence-electron chi connectivity index (χ4n) is 3.54. The molecular formula is C21H23ClN6OS. The quantitative estimate of drug-likeness (QED) is 0.612. The van der Waals surface area contributed by atoms with E-state index >= 15 is 0 Å². The molecule has 0 spiro atoms. The number of carbonyl (C=O) groups is 1. The number of halogens is 1. The van der Waals surface area contributed by atoms with E-state index in [1.807, 2.05) is 43.0 Å². The number of hydrogen-bond acceptors (Lipinski definition) is 7. The van der Waals surface area contributed by atoms with Crippen LogP contribution < -0.4 is 15.5 Å². The molecule has 0 unspecified atom stereocenters. The minimum Gasteiger partial charge on any atom is -0.365 e. The van der Waals surface area contributed by atoms with Gasteiger partial charge in [0, 0.05) is 19.2 Å². The van der Waals surface area contributed by atoms with E-state index < -0.39 is 5.91 Å². The maximum absolute atomic E-state index is 11.7. The molecule has 3 aromatic rings. The van der Waals surface area contributed by atoms with Gasteiger partial charge in [0.25, 0.3) is 5.91 Å². The van der Waals surface area contributed by atoms with E-state index in [1.165, 1.54) is 24.0 Å². The monoisotopic (exact) mass is 442 g/mol. The number of rotatable bonds is 5. The van der Waals surface area contributed by atoms with Crippen molar-refractivity contribution in [1.29, 1.82) is 0 Å². The molecule has 0 aliphatic carbocycles. The number of aromatic nitrogens is 3. The summed E-state index contributed by atoms with van der Waals surface area (Å²) in [6.45, 7) is 5.81. The van der Waals surface area contributed by atoms with Crippen LogP contribution in [0.15, 0.2) is 30.5 Å². The molecule has 0 atom stereocenters. The van der Waals surface area contributed by atoms with E-state index in [9.17, 15) is 4.79 Å². The number of piperidine rings is 1. The fraction of sp³-hybridized carbons (Fsp3) is 0.333. The van der Waals surface area contributed by atoms with Crippen LogP contribution in [0.4, 0.5) is 22.5 Å². The van der Waals surface area contributed by atoms with Crippen LogP contribution in [-0.4, -0.2) is 33.9 Å². The largest absolute Gasteiger partial charge is 0.365 e. The normalized spacial score (nSPS) is 14.0. The van der Waals surface area contributed by atoms with Gasteiger partial charge in [-0.25, -0.2) is 15.0 Å². The average Bonchev–Trinajstić information content (AvgIpc) is 3.20. The lowest BCUT2D eigenvalue weighted by Crippen LogP contribution is -2.30. The number of primary amides is 1. The van der Waals surface area contributed by atoms with Gasteiger partial charge in [-0.05, 0) is 50.8 Å². The highest BCUT2D eigenvalue weighted by atomic mass is 35.5. The number of anilines is 4. The van der Waals surface area contributed by atoms with Crippen molar-refractivity contribution in [2.45, 2.75) is 33.1 Å². The number of hydrogen-bond donors (Lipinski definition) is 1. The van der Waals surface area contributed by atoms with Crippen molar-refractivity contribution in [3.8, 4) is 0 Å². The summed E-state index contributed by atoms with van der Waals surface area (Å²) in [5.41, 5.74) is 7.24. The minimum absolute atomic E-state index is 0.375. The molecule has 0 saturated carbocycles. The summed E-state index contributed by atoms with van der Waals surface area (Å²) in [6.07, 6.45) is 5.03. The fourth-order valence-corrected chi connectivity index (χ4v) is 4.65. The van der Waals surface area contributed by atoms with Crippen molar-refractivity contribution in [3.05, 3.63) is 51.7 Å². The zero-order chi connectivity index (χ0) is 21.3. The topological polar surface area (TPSA) is 88.2 Å². The SMILES string of the molecule is Cc1ccc(N(c2cc(N3CCCCC3)nc(C)n2)c2ncc(C(N)=O)s2)c(Cl)c1. The Labute approximate surface area is 184 Å². The summed E-state index contributed by atoms with van der Waals surface area (Å²) >= 11 is 7.82. The molecule has 156 valence electrons. The van der Waals surface area contributed by atoms with E-state index in [0.29, 0.717) is 26.7 Å². The predicted molar refractivity (Wildman–Crippen MR) is 121 cm³/mol. The van der Waals surface area contributed by atoms with Crippen LogP contribution in [0.25, 0.3) is 0 Å². The van der Waals surface area contributed by atoms with Gasteiger partial charge in [0.15, 0.2) is 5.13 Å². The maximum atomic E-state index is 11.7. The Bertz CT molecular complexity index is 1080. The molecule has 3 heterocycles. The Morgan fingerprint density at radius 3 is 2.60 bits per heavy atom. The molecule has 0 radical (unpaired) electrons. The highest BCUT2D eigenvalue weighted by molar-refractivity contribution is 7.17. The average molecular weight is 443 g/mol. The van der Waals surface area contributed by atoms with Crippen LogP contribution in [0.3, 0.4) is 0 Å². The second-order valence-electron chi connectivity index (χ2n) is 7.34. The summed E-state index contributed by atoms with van der Waals surface area (Å²) in [5.74, 6) is 1.69. The third kappa shape index (κ3) is 4.24. The Morgan fingerprint density at radius 2 is 1.93 bits per heavy atom. The Morgan fingerprint density at radius 1 is 1.17 bits per heavy atom. The number of benzene rings is 1. The van der Waals surface area contributed by atoms with Gasteiger partial charge in [0.05, 0.1) is 16.9 Å². The van der Waals surface area contributed by atoms with Crippen LogP contribution in [0.2, 0.25) is 5.02 Å². The molecule has 1 amide bonds. The molecule has 2 N–H and O–H groups in total. The lowest BCUT2D eigenvalue weighted by molar-refractivity contribution is 0.100. The summed E-state index contributed by atoms with van der Waals surface area (Å²) in [7, 11) is 0. The molecular weight excluding hydrogens is 420 g/mol. The molecule has 7 nitrogen and oxygen atoms in total. The van der Waals surface area contributed by atoms with E-state index in [-0.39, 0.29) is 0 Å². The molecule has 9 heteroatoms. The van der Waals surface area contributed by atoms with Crippen LogP contribution in [0.5, 0.6) is 0 Å². The second kappa shape index (κ2) is 8.57. The molecule has 0 bridgehead atoms. The third-order valence-electron chi connectivity index (χ3n) is 4.99. The van der Waals surface area contributed by atoms with E-state index in [0.717, 1.165) is 43.0 Å². The zero-order valence-corrected chi connectivity index (χ0v) is 18.5. The van der Waals surface area contributed by atoms with Crippen LogP contribution in [0.1, 0.15) is 40.3 Å². The Hall–Kier alpha value is -2.71. The van der Waals surface area contributed by atoms with Gasteiger partial charge in [-0.15, -0.1) is 0 Å². The molecule has 1 saturated heterocycles. The standard InChI is InChI=1S/C21H23ClN6OS/c1-13-6-7-16(15(22)10-13)28(21-24-12-17(30-21)20(23)29)19-11-18(25-14(2)26-19)27-8-4-3-5-9-27/h6-7,10-12H,3-5,8-9H2,1-2H3,(H2,23,29). The van der Waals surface area contributed by atoms with Crippen molar-refractivity contribution >= 4 is 51.3 Å². The predicted octanol–water partition coefficient (Wildman–Crippen LogP) is 4.76. The number of carbonyl (C=O) groups excluding carboxylic acids is 1. The summed E-state index contributed by atoms with van der Waals surface area (Å²) in [6, 6.07) is 7.77. The number of aryl methyl sites for hydroxylation is 2. The van der Waals surface area contributed by atoms with E-state index in [2.05, 4.69) is 19.9 Å². The van der Waals surface area contributed by atoms with Crippen molar-refractivity contribution in [2.75, 3.05) is 22.9 Å². The second-order valence-corrected chi connectivity index (χ2v) is 8.76. The number of nitrogens with zero attached hydrogens (tertiary/aromatic N) is 5. The molecule has 2 aromatic heterocycles. The van der Waals surface area contributed by atoms with Crippen molar-refractivity contribution in [2.24, 2.45) is 5.73 Å². The molecule has 30 heavy (non-hydrogen) atoms. The summed E-state index contributed by atoms with van der Waals surface area (Å²) in [5, 5.41) is 1.14. The van der Waals surface area contributed by atoms with Crippen LogP contribution >= 0.6 is 22.9 Å². The third-order valence-corrected chi connectivity index (χ3v) is 6.29. The number of thiazole rings is 1. The highest BCUT2D eigenvalue weighted by Gasteiger charge is 2.23. The first-order valence-corrected chi connectivity index (χ1v) is 11.0. The first kappa shape index (κ1) is 20.6. The van der Waals surface area contributed by atoms with E-state index in [4.69, 9.17) is 17.3 Å². The molecule has 1 aromatic carbocycles. The minimum atomic E-state index is -0.512. The highest BCUT2D eigenvalue weighted by Crippen LogP contribution is 2.40. The Balaban J connectivity index is 1.85. The van der Waals surface area contributed by atoms with Gasteiger partial charge in [0.1, 0.15) is 22.3 Å². The van der Waals surface area contributed by atoms with Gasteiger partial charge in [-0.3, -0.25) is 9.69 Å². The first-order chi connectivity index (χ1) is 14.4. The van der Waals surface area contributed by atoms with Crippen LogP contribution in [0, 0.1) is 13.8 Å². The molecule has 1 aliphatic rings. The van der Waals surface area contributed by atoms with Gasteiger partial charge < -0.3 is 10.6 Å². The molecule has 1 aliphatic heterocycles. The van der Waals surface area contributed by atoms with Crippen molar-refractivity contribution in [3.63, 3.8) is 0 Å². The van der Waals surface area contributed by atoms with Gasteiger partial charge in [-0.2, -0.15) is 0 Å². The van der Waals surface area contributed by atoms with E-state index in [1.54, 1.807) is 0 Å².